The number of rotatable bonds is 6. The molecule has 1 aliphatic rings. The van der Waals surface area contributed by atoms with Crippen LogP contribution >= 0.6 is 0 Å². The van der Waals surface area contributed by atoms with Crippen molar-refractivity contribution in [2.24, 2.45) is 11.8 Å². The van der Waals surface area contributed by atoms with Crippen molar-refractivity contribution >= 4 is 23.3 Å². The van der Waals surface area contributed by atoms with Gasteiger partial charge in [0.2, 0.25) is 5.91 Å². The first-order valence-corrected chi connectivity index (χ1v) is 8.53. The van der Waals surface area contributed by atoms with Gasteiger partial charge in [0.25, 0.3) is 0 Å². The van der Waals surface area contributed by atoms with E-state index in [0.717, 1.165) is 38.4 Å². The molecule has 2 N–H and O–H groups in total. The highest BCUT2D eigenvalue weighted by atomic mass is 16.4. The molecule has 6 nitrogen and oxygen atoms in total. The van der Waals surface area contributed by atoms with Crippen molar-refractivity contribution < 1.29 is 14.7 Å². The summed E-state index contributed by atoms with van der Waals surface area (Å²) in [6, 6.07) is 7.62. The second-order valence-corrected chi connectivity index (χ2v) is 6.52. The number of nitrogens with zero attached hydrogens (tertiary/aromatic N) is 2. The zero-order valence-corrected chi connectivity index (χ0v) is 14.7. The highest BCUT2D eigenvalue weighted by molar-refractivity contribution is 6.04. The van der Waals surface area contributed by atoms with E-state index in [1.165, 1.54) is 0 Å². The Hall–Kier alpha value is -2.08. The lowest BCUT2D eigenvalue weighted by molar-refractivity contribution is -0.147. The van der Waals surface area contributed by atoms with Crippen LogP contribution in [0.2, 0.25) is 0 Å². The lowest BCUT2D eigenvalue weighted by atomic mass is 9.95. The fourth-order valence-corrected chi connectivity index (χ4v) is 3.02. The number of carbonyl (C=O) groups excluding carboxylic acids is 1. The first kappa shape index (κ1) is 18.3. The second-order valence-electron chi connectivity index (χ2n) is 6.52. The zero-order valence-electron chi connectivity index (χ0n) is 14.7. The van der Waals surface area contributed by atoms with Crippen LogP contribution in [-0.4, -0.2) is 54.6 Å². The Balaban J connectivity index is 2.05. The van der Waals surface area contributed by atoms with Crippen molar-refractivity contribution in [3.8, 4) is 0 Å². The number of nitrogens with one attached hydrogen (secondary N) is 1. The number of amides is 1. The van der Waals surface area contributed by atoms with Gasteiger partial charge in [-0.2, -0.15) is 0 Å². The number of benzene rings is 1. The number of likely N-dealkylation sites (N-methyl/N-ethyl adjacent to an activating group) is 1. The normalized spacial score (nSPS) is 16.9. The van der Waals surface area contributed by atoms with Crippen molar-refractivity contribution in [1.82, 2.24) is 4.90 Å². The maximum Gasteiger partial charge on any atom is 0.316 e. The van der Waals surface area contributed by atoms with Crippen molar-refractivity contribution in [3.05, 3.63) is 24.3 Å². The van der Waals surface area contributed by atoms with E-state index in [4.69, 9.17) is 0 Å². The van der Waals surface area contributed by atoms with Gasteiger partial charge in [0, 0.05) is 37.6 Å². The van der Waals surface area contributed by atoms with Crippen LogP contribution in [0.4, 0.5) is 11.4 Å². The van der Waals surface area contributed by atoms with Gasteiger partial charge in [0.05, 0.1) is 0 Å². The minimum atomic E-state index is -1.09. The van der Waals surface area contributed by atoms with E-state index in [-0.39, 0.29) is 5.92 Å². The van der Waals surface area contributed by atoms with E-state index in [0.29, 0.717) is 5.69 Å². The minimum Gasteiger partial charge on any atom is -0.481 e. The predicted octanol–water partition coefficient (Wildman–Crippen LogP) is 2.12. The molecular formula is C18H27N3O3. The summed E-state index contributed by atoms with van der Waals surface area (Å²) in [7, 11) is 0. The van der Waals surface area contributed by atoms with Crippen molar-refractivity contribution in [1.29, 1.82) is 0 Å². The van der Waals surface area contributed by atoms with Gasteiger partial charge in [-0.1, -0.05) is 26.8 Å². The number of carboxylic acid groups (broad SMARTS) is 1. The first-order chi connectivity index (χ1) is 11.4. The van der Waals surface area contributed by atoms with E-state index >= 15 is 0 Å². The van der Waals surface area contributed by atoms with Crippen LogP contribution in [0.25, 0.3) is 0 Å². The van der Waals surface area contributed by atoms with Gasteiger partial charge in [-0.25, -0.2) is 0 Å². The number of hydrogen-bond donors (Lipinski definition) is 2. The number of hydrogen-bond acceptors (Lipinski definition) is 4. The number of carboxylic acids is 1. The molecule has 1 aromatic carbocycles. The summed E-state index contributed by atoms with van der Waals surface area (Å²) < 4.78 is 0. The molecule has 1 unspecified atom stereocenters. The van der Waals surface area contributed by atoms with Crippen LogP contribution in [-0.2, 0) is 9.59 Å². The van der Waals surface area contributed by atoms with Crippen LogP contribution in [0.15, 0.2) is 24.3 Å². The fraction of sp³-hybridized carbons (Fsp3) is 0.556. The van der Waals surface area contributed by atoms with Crippen LogP contribution in [0.5, 0.6) is 0 Å². The van der Waals surface area contributed by atoms with Gasteiger partial charge in [0.1, 0.15) is 5.92 Å². The molecular weight excluding hydrogens is 306 g/mol. The van der Waals surface area contributed by atoms with Crippen molar-refractivity contribution in [2.75, 3.05) is 42.9 Å². The molecule has 1 atom stereocenters. The monoisotopic (exact) mass is 333 g/mol. The Labute approximate surface area is 143 Å². The standard InChI is InChI=1S/C18H27N3O3/c1-4-20-8-10-21(11-9-20)15-7-5-6-14(12-15)19-17(22)16(13(2)3)18(23)24/h5-7,12-13,16H,4,8-11H2,1-3H3,(H,19,22)(H,23,24). The minimum absolute atomic E-state index is 0.257. The van der Waals surface area contributed by atoms with Gasteiger partial charge >= 0.3 is 5.97 Å². The van der Waals surface area contributed by atoms with E-state index in [1.807, 2.05) is 18.2 Å². The molecule has 24 heavy (non-hydrogen) atoms. The van der Waals surface area contributed by atoms with Crippen molar-refractivity contribution in [3.63, 3.8) is 0 Å². The summed E-state index contributed by atoms with van der Waals surface area (Å²) in [5.41, 5.74) is 1.70. The van der Waals surface area contributed by atoms with E-state index in [9.17, 15) is 14.7 Å². The average molecular weight is 333 g/mol. The highest BCUT2D eigenvalue weighted by Gasteiger charge is 2.29. The Morgan fingerprint density at radius 2 is 1.88 bits per heavy atom. The molecule has 0 radical (unpaired) electrons. The molecule has 0 aromatic heterocycles. The Morgan fingerprint density at radius 3 is 2.42 bits per heavy atom. The largest absolute Gasteiger partial charge is 0.481 e. The molecule has 1 amide bonds. The van der Waals surface area contributed by atoms with E-state index in [1.54, 1.807) is 19.9 Å². The smallest absolute Gasteiger partial charge is 0.316 e. The third-order valence-corrected chi connectivity index (χ3v) is 4.51. The number of anilines is 2. The summed E-state index contributed by atoms with van der Waals surface area (Å²) in [5, 5.41) is 12.0. The maximum absolute atomic E-state index is 12.3. The molecule has 2 rings (SSSR count). The van der Waals surface area contributed by atoms with Gasteiger partial charge in [0.15, 0.2) is 0 Å². The fourth-order valence-electron chi connectivity index (χ4n) is 3.02. The predicted molar refractivity (Wildman–Crippen MR) is 95.4 cm³/mol. The van der Waals surface area contributed by atoms with Gasteiger partial charge < -0.3 is 20.2 Å². The van der Waals surface area contributed by atoms with Gasteiger partial charge in [-0.05, 0) is 30.7 Å². The Bertz CT molecular complexity index is 581. The lowest BCUT2D eigenvalue weighted by Crippen LogP contribution is -2.46. The molecule has 0 spiro atoms. The third kappa shape index (κ3) is 4.47. The summed E-state index contributed by atoms with van der Waals surface area (Å²) in [6.45, 7) is 10.7. The van der Waals surface area contributed by atoms with Crippen LogP contribution < -0.4 is 10.2 Å². The topological polar surface area (TPSA) is 72.9 Å². The number of carbonyl (C=O) groups is 2. The molecule has 1 aromatic rings. The summed E-state index contributed by atoms with van der Waals surface area (Å²) >= 11 is 0. The Morgan fingerprint density at radius 1 is 1.21 bits per heavy atom. The molecule has 132 valence electrons. The highest BCUT2D eigenvalue weighted by Crippen LogP contribution is 2.22. The molecule has 0 bridgehead atoms. The van der Waals surface area contributed by atoms with Gasteiger partial charge in [-0.3, -0.25) is 9.59 Å². The van der Waals surface area contributed by atoms with Crippen molar-refractivity contribution in [2.45, 2.75) is 20.8 Å². The SMILES string of the molecule is CCN1CCN(c2cccc(NC(=O)C(C(=O)O)C(C)C)c2)CC1. The molecule has 1 fully saturated rings. The average Bonchev–Trinajstić information content (AvgIpc) is 2.54. The van der Waals surface area contributed by atoms with Crippen LogP contribution in [0.1, 0.15) is 20.8 Å². The van der Waals surface area contributed by atoms with Gasteiger partial charge in [-0.15, -0.1) is 0 Å². The Kier molecular flexibility index (Phi) is 6.20. The number of piperazine rings is 1. The van der Waals surface area contributed by atoms with Crippen LogP contribution in [0, 0.1) is 11.8 Å². The second kappa shape index (κ2) is 8.15. The number of aliphatic carboxylic acids is 1. The van der Waals surface area contributed by atoms with E-state index < -0.39 is 17.8 Å². The molecule has 0 aliphatic carbocycles. The summed E-state index contributed by atoms with van der Waals surface area (Å²) in [5.74, 6) is -2.85. The van der Waals surface area contributed by atoms with Crippen LogP contribution in [0.3, 0.4) is 0 Å². The quantitative estimate of drug-likeness (QED) is 0.780. The zero-order chi connectivity index (χ0) is 17.7. The van der Waals surface area contributed by atoms with E-state index in [2.05, 4.69) is 22.0 Å². The molecule has 1 heterocycles. The lowest BCUT2D eigenvalue weighted by Gasteiger charge is -2.35. The molecule has 1 aliphatic heterocycles. The third-order valence-electron chi connectivity index (χ3n) is 4.51. The summed E-state index contributed by atoms with van der Waals surface area (Å²) in [4.78, 5) is 28.2. The molecule has 6 heteroatoms. The maximum atomic E-state index is 12.3. The molecule has 0 saturated carbocycles. The summed E-state index contributed by atoms with van der Waals surface area (Å²) in [6.07, 6.45) is 0. The first-order valence-electron chi connectivity index (χ1n) is 8.53. The molecule has 1 saturated heterocycles.